The molecule has 1 aliphatic carbocycles. The minimum atomic E-state index is 0.0399. The molecule has 0 radical (unpaired) electrons. The molecular formula is C14H23N3O. The Labute approximate surface area is 109 Å². The van der Waals surface area contributed by atoms with Gasteiger partial charge in [0.1, 0.15) is 5.69 Å². The van der Waals surface area contributed by atoms with E-state index in [0.717, 1.165) is 25.1 Å². The Morgan fingerprint density at radius 3 is 2.78 bits per heavy atom. The summed E-state index contributed by atoms with van der Waals surface area (Å²) < 4.78 is 1.77. The average molecular weight is 249 g/mol. The third kappa shape index (κ3) is 2.64. The van der Waals surface area contributed by atoms with Gasteiger partial charge in [-0.05, 0) is 37.8 Å². The van der Waals surface area contributed by atoms with E-state index in [1.807, 2.05) is 13.0 Å². The highest BCUT2D eigenvalue weighted by atomic mass is 16.1. The Hall–Kier alpha value is -1.16. The number of ketones is 1. The van der Waals surface area contributed by atoms with E-state index >= 15 is 0 Å². The molecular weight excluding hydrogens is 226 g/mol. The van der Waals surface area contributed by atoms with Gasteiger partial charge in [-0.1, -0.05) is 19.3 Å². The van der Waals surface area contributed by atoms with Gasteiger partial charge in [0.2, 0.25) is 0 Å². The van der Waals surface area contributed by atoms with E-state index in [9.17, 15) is 4.79 Å². The molecule has 1 aromatic rings. The van der Waals surface area contributed by atoms with Crippen LogP contribution in [0.3, 0.4) is 0 Å². The van der Waals surface area contributed by atoms with Gasteiger partial charge in [-0.2, -0.15) is 5.10 Å². The second-order valence-electron chi connectivity index (χ2n) is 5.40. The van der Waals surface area contributed by atoms with E-state index in [0.29, 0.717) is 13.0 Å². The largest absolute Gasteiger partial charge is 0.330 e. The van der Waals surface area contributed by atoms with Crippen LogP contribution in [0.4, 0.5) is 0 Å². The van der Waals surface area contributed by atoms with Gasteiger partial charge in [0.15, 0.2) is 5.78 Å². The van der Waals surface area contributed by atoms with Crippen molar-refractivity contribution in [2.75, 3.05) is 6.54 Å². The second kappa shape index (κ2) is 5.65. The zero-order chi connectivity index (χ0) is 13.0. The Morgan fingerprint density at radius 1 is 1.44 bits per heavy atom. The monoisotopic (exact) mass is 249 g/mol. The van der Waals surface area contributed by atoms with Crippen molar-refractivity contribution < 1.29 is 4.79 Å². The molecule has 100 valence electrons. The summed E-state index contributed by atoms with van der Waals surface area (Å²) in [6.45, 7) is 3.37. The first kappa shape index (κ1) is 13.3. The zero-order valence-electron chi connectivity index (χ0n) is 11.2. The van der Waals surface area contributed by atoms with E-state index in [1.54, 1.807) is 10.9 Å². The van der Waals surface area contributed by atoms with Crippen molar-refractivity contribution in [3.8, 4) is 0 Å². The topological polar surface area (TPSA) is 60.9 Å². The lowest BCUT2D eigenvalue weighted by atomic mass is 9.71. The van der Waals surface area contributed by atoms with Crippen molar-refractivity contribution in [1.29, 1.82) is 0 Å². The summed E-state index contributed by atoms with van der Waals surface area (Å²) in [5.41, 5.74) is 6.71. The number of aryl methyl sites for hydroxylation is 1. The molecule has 18 heavy (non-hydrogen) atoms. The first-order valence-electron chi connectivity index (χ1n) is 6.96. The van der Waals surface area contributed by atoms with Crippen LogP contribution in [0.25, 0.3) is 0 Å². The highest BCUT2D eigenvalue weighted by Crippen LogP contribution is 2.39. The van der Waals surface area contributed by atoms with Crippen LogP contribution >= 0.6 is 0 Å². The molecule has 4 heteroatoms. The van der Waals surface area contributed by atoms with Gasteiger partial charge in [0, 0.05) is 19.2 Å². The van der Waals surface area contributed by atoms with E-state index in [-0.39, 0.29) is 11.2 Å². The Morgan fingerprint density at radius 2 is 2.17 bits per heavy atom. The normalized spacial score (nSPS) is 18.8. The summed E-state index contributed by atoms with van der Waals surface area (Å²) in [4.78, 5) is 12.4. The Kier molecular flexibility index (Phi) is 4.17. The van der Waals surface area contributed by atoms with Gasteiger partial charge in [-0.15, -0.1) is 0 Å². The highest BCUT2D eigenvalue weighted by Gasteiger charge is 2.33. The fourth-order valence-electron chi connectivity index (χ4n) is 3.01. The Balaban J connectivity index is 2.10. The molecule has 0 atom stereocenters. The molecule has 2 rings (SSSR count). The standard InChI is InChI=1S/C14H23N3O/c1-2-17-12(6-9-16-17)13(18)10-14(11-15)7-4-3-5-8-14/h6,9H,2-5,7-8,10-11,15H2,1H3. The van der Waals surface area contributed by atoms with E-state index in [4.69, 9.17) is 5.73 Å². The molecule has 4 nitrogen and oxygen atoms in total. The van der Waals surface area contributed by atoms with Gasteiger partial charge >= 0.3 is 0 Å². The number of aromatic nitrogens is 2. The molecule has 0 bridgehead atoms. The molecule has 0 amide bonds. The molecule has 1 aliphatic rings. The molecule has 0 aliphatic heterocycles. The van der Waals surface area contributed by atoms with E-state index in [1.165, 1.54) is 19.3 Å². The fourth-order valence-corrected chi connectivity index (χ4v) is 3.01. The summed E-state index contributed by atoms with van der Waals surface area (Å²) in [7, 11) is 0. The maximum atomic E-state index is 12.4. The van der Waals surface area contributed by atoms with Crippen LogP contribution in [0.2, 0.25) is 0 Å². The summed E-state index contributed by atoms with van der Waals surface area (Å²) in [5, 5.41) is 4.16. The summed E-state index contributed by atoms with van der Waals surface area (Å²) in [6, 6.07) is 1.82. The molecule has 1 fully saturated rings. The van der Waals surface area contributed by atoms with Gasteiger partial charge in [0.05, 0.1) is 0 Å². The molecule has 0 spiro atoms. The highest BCUT2D eigenvalue weighted by molar-refractivity contribution is 5.94. The minimum Gasteiger partial charge on any atom is -0.330 e. The lowest BCUT2D eigenvalue weighted by Gasteiger charge is -2.35. The molecule has 0 unspecified atom stereocenters. The van der Waals surface area contributed by atoms with Gasteiger partial charge in [-0.25, -0.2) is 0 Å². The number of carbonyl (C=O) groups is 1. The molecule has 1 heterocycles. The summed E-state index contributed by atoms with van der Waals surface area (Å²) >= 11 is 0. The quantitative estimate of drug-likeness (QED) is 0.815. The van der Waals surface area contributed by atoms with Crippen LogP contribution in [0.5, 0.6) is 0 Å². The van der Waals surface area contributed by atoms with Crippen molar-refractivity contribution in [3.05, 3.63) is 18.0 Å². The first-order chi connectivity index (χ1) is 8.71. The van der Waals surface area contributed by atoms with Crippen LogP contribution in [-0.2, 0) is 6.54 Å². The van der Waals surface area contributed by atoms with E-state index in [2.05, 4.69) is 5.10 Å². The van der Waals surface area contributed by atoms with Crippen LogP contribution in [-0.4, -0.2) is 22.1 Å². The molecule has 0 aromatic carbocycles. The lowest BCUT2D eigenvalue weighted by molar-refractivity contribution is 0.0857. The number of hydrogen-bond donors (Lipinski definition) is 1. The third-order valence-electron chi connectivity index (χ3n) is 4.18. The molecule has 2 N–H and O–H groups in total. The predicted molar refractivity (Wildman–Crippen MR) is 71.4 cm³/mol. The van der Waals surface area contributed by atoms with Gasteiger partial charge in [0.25, 0.3) is 0 Å². The molecule has 1 saturated carbocycles. The van der Waals surface area contributed by atoms with Gasteiger partial charge in [-0.3, -0.25) is 9.48 Å². The van der Waals surface area contributed by atoms with Crippen molar-refractivity contribution in [2.45, 2.75) is 52.0 Å². The van der Waals surface area contributed by atoms with Gasteiger partial charge < -0.3 is 5.73 Å². The van der Waals surface area contributed by atoms with Crippen molar-refractivity contribution in [3.63, 3.8) is 0 Å². The fraction of sp³-hybridized carbons (Fsp3) is 0.714. The predicted octanol–water partition coefficient (Wildman–Crippen LogP) is 2.39. The van der Waals surface area contributed by atoms with Crippen molar-refractivity contribution in [2.24, 2.45) is 11.1 Å². The van der Waals surface area contributed by atoms with Crippen LogP contribution in [0, 0.1) is 5.41 Å². The zero-order valence-corrected chi connectivity index (χ0v) is 11.2. The first-order valence-corrected chi connectivity index (χ1v) is 6.96. The Bertz CT molecular complexity index is 405. The second-order valence-corrected chi connectivity index (χ2v) is 5.40. The maximum Gasteiger partial charge on any atom is 0.181 e. The number of hydrogen-bond acceptors (Lipinski definition) is 3. The third-order valence-corrected chi connectivity index (χ3v) is 4.18. The average Bonchev–Trinajstić information content (AvgIpc) is 2.88. The number of nitrogens with two attached hydrogens (primary N) is 1. The number of nitrogens with zero attached hydrogens (tertiary/aromatic N) is 2. The summed E-state index contributed by atoms with van der Waals surface area (Å²) in [5.74, 6) is 0.196. The van der Waals surface area contributed by atoms with Crippen LogP contribution in [0.15, 0.2) is 12.3 Å². The smallest absolute Gasteiger partial charge is 0.181 e. The van der Waals surface area contributed by atoms with E-state index < -0.39 is 0 Å². The number of Topliss-reactive ketones (excluding diaryl/α,β-unsaturated/α-hetero) is 1. The van der Waals surface area contributed by atoms with Crippen LogP contribution < -0.4 is 5.73 Å². The molecule has 0 saturated heterocycles. The van der Waals surface area contributed by atoms with Crippen LogP contribution in [0.1, 0.15) is 55.9 Å². The SMILES string of the molecule is CCn1nccc1C(=O)CC1(CN)CCCCC1. The van der Waals surface area contributed by atoms with Crippen molar-refractivity contribution >= 4 is 5.78 Å². The maximum absolute atomic E-state index is 12.4. The summed E-state index contributed by atoms with van der Waals surface area (Å²) in [6.07, 6.45) is 8.16. The minimum absolute atomic E-state index is 0.0399. The van der Waals surface area contributed by atoms with Crippen molar-refractivity contribution in [1.82, 2.24) is 9.78 Å². The lowest BCUT2D eigenvalue weighted by Crippen LogP contribution is -2.35. The molecule has 1 aromatic heterocycles. The number of rotatable bonds is 5. The number of carbonyl (C=O) groups excluding carboxylic acids is 1.